The summed E-state index contributed by atoms with van der Waals surface area (Å²) in [6.07, 6.45) is 4.39. The van der Waals surface area contributed by atoms with Crippen LogP contribution in [0.1, 0.15) is 0 Å². The molecule has 34 heavy (non-hydrogen) atoms. The van der Waals surface area contributed by atoms with Crippen molar-refractivity contribution < 1.29 is 9.34 Å². The van der Waals surface area contributed by atoms with Crippen molar-refractivity contribution in [3.8, 4) is 28.3 Å². The normalized spacial score (nSPS) is 11.1. The minimum atomic E-state index is -0.627. The molecule has 3 heterocycles. The number of nitro groups is 1. The number of aromatic nitrogens is 4. The zero-order valence-electron chi connectivity index (χ0n) is 16.8. The maximum Gasteiger partial charge on any atom is 0.298 e. The van der Waals surface area contributed by atoms with Gasteiger partial charge in [0, 0.05) is 39.3 Å². The van der Waals surface area contributed by atoms with Gasteiger partial charge in [-0.2, -0.15) is 9.78 Å². The first-order chi connectivity index (χ1) is 16.3. The SMILES string of the molecule is O=c1c2ncccc2c(-c2cc(Br)cc(-c3cnco3)c2)nn1-c1c(Cl)cc([N+](=O)[O-])cc1Cl. The number of nitrogens with zero attached hydrogens (tertiary/aromatic N) is 5. The van der Waals surface area contributed by atoms with Gasteiger partial charge in [-0.1, -0.05) is 39.1 Å². The molecule has 168 valence electrons. The highest BCUT2D eigenvalue weighted by molar-refractivity contribution is 9.10. The summed E-state index contributed by atoms with van der Waals surface area (Å²) in [5, 5.41) is 16.0. The molecule has 2 aromatic carbocycles. The molecule has 0 bridgehead atoms. The lowest BCUT2D eigenvalue weighted by Crippen LogP contribution is -2.23. The third-order valence-electron chi connectivity index (χ3n) is 4.97. The number of hydrogen-bond donors (Lipinski definition) is 0. The Bertz CT molecular complexity index is 1630. The molecule has 3 aromatic heterocycles. The van der Waals surface area contributed by atoms with Crippen molar-refractivity contribution >= 4 is 55.7 Å². The summed E-state index contributed by atoms with van der Waals surface area (Å²) < 4.78 is 7.16. The molecule has 0 saturated carbocycles. The van der Waals surface area contributed by atoms with Gasteiger partial charge in [0.25, 0.3) is 11.2 Å². The lowest BCUT2D eigenvalue weighted by molar-refractivity contribution is -0.384. The summed E-state index contributed by atoms with van der Waals surface area (Å²) in [4.78, 5) is 32.1. The highest BCUT2D eigenvalue weighted by Crippen LogP contribution is 2.35. The summed E-state index contributed by atoms with van der Waals surface area (Å²) in [6.45, 7) is 0. The van der Waals surface area contributed by atoms with Gasteiger partial charge in [0.15, 0.2) is 12.2 Å². The number of rotatable bonds is 4. The van der Waals surface area contributed by atoms with Gasteiger partial charge in [-0.25, -0.2) is 4.98 Å². The summed E-state index contributed by atoms with van der Waals surface area (Å²) in [5.74, 6) is 0.541. The molecular formula is C22H10BrCl2N5O4. The molecule has 0 spiro atoms. The maximum absolute atomic E-state index is 13.3. The predicted molar refractivity (Wildman–Crippen MR) is 130 cm³/mol. The van der Waals surface area contributed by atoms with Crippen LogP contribution in [0, 0.1) is 10.1 Å². The minimum absolute atomic E-state index is 0.0122. The monoisotopic (exact) mass is 557 g/mol. The molecule has 5 rings (SSSR count). The number of fused-ring (bicyclic) bond motifs is 1. The Hall–Kier alpha value is -3.60. The van der Waals surface area contributed by atoms with Crippen molar-refractivity contribution in [2.75, 3.05) is 0 Å². The van der Waals surface area contributed by atoms with Crippen LogP contribution < -0.4 is 5.56 Å². The van der Waals surface area contributed by atoms with E-state index < -0.39 is 10.5 Å². The van der Waals surface area contributed by atoms with Crippen molar-refractivity contribution in [3.63, 3.8) is 0 Å². The molecule has 0 saturated heterocycles. The van der Waals surface area contributed by atoms with Crippen LogP contribution in [0.25, 0.3) is 39.2 Å². The van der Waals surface area contributed by atoms with Gasteiger partial charge in [-0.15, -0.1) is 0 Å². The van der Waals surface area contributed by atoms with E-state index in [1.165, 1.54) is 12.6 Å². The highest BCUT2D eigenvalue weighted by atomic mass is 79.9. The largest absolute Gasteiger partial charge is 0.444 e. The van der Waals surface area contributed by atoms with E-state index >= 15 is 0 Å². The lowest BCUT2D eigenvalue weighted by Gasteiger charge is -2.14. The van der Waals surface area contributed by atoms with Crippen LogP contribution >= 0.6 is 39.1 Å². The Labute approximate surface area is 208 Å². The second kappa shape index (κ2) is 8.64. The molecule has 5 aromatic rings. The van der Waals surface area contributed by atoms with Gasteiger partial charge in [0.1, 0.15) is 16.9 Å². The summed E-state index contributed by atoms with van der Waals surface area (Å²) in [7, 11) is 0. The third-order valence-corrected chi connectivity index (χ3v) is 6.00. The zero-order valence-corrected chi connectivity index (χ0v) is 19.9. The van der Waals surface area contributed by atoms with E-state index in [-0.39, 0.29) is 26.9 Å². The first kappa shape index (κ1) is 22.2. The second-order valence-corrected chi connectivity index (χ2v) is 8.80. The zero-order chi connectivity index (χ0) is 24.0. The fourth-order valence-electron chi connectivity index (χ4n) is 3.52. The number of halogens is 3. The van der Waals surface area contributed by atoms with Crippen molar-refractivity contribution in [1.29, 1.82) is 0 Å². The number of oxazole rings is 1. The number of nitro benzene ring substituents is 1. The Morgan fingerprint density at radius 1 is 1.09 bits per heavy atom. The van der Waals surface area contributed by atoms with E-state index in [0.717, 1.165) is 26.9 Å². The molecule has 0 fully saturated rings. The molecule has 0 aliphatic carbocycles. The molecule has 0 N–H and O–H groups in total. The molecule has 0 amide bonds. The summed E-state index contributed by atoms with van der Waals surface area (Å²) >= 11 is 16.1. The smallest absolute Gasteiger partial charge is 0.298 e. The summed E-state index contributed by atoms with van der Waals surface area (Å²) in [5.41, 5.74) is 1.02. The molecule has 0 unspecified atom stereocenters. The Kier molecular flexibility index (Phi) is 5.64. The molecular weight excluding hydrogens is 549 g/mol. The van der Waals surface area contributed by atoms with Crippen LogP contribution in [0.15, 0.2) is 74.9 Å². The maximum atomic E-state index is 13.3. The van der Waals surface area contributed by atoms with Crippen molar-refractivity contribution in [1.82, 2.24) is 19.7 Å². The van der Waals surface area contributed by atoms with E-state index in [2.05, 4.69) is 31.0 Å². The van der Waals surface area contributed by atoms with E-state index in [1.54, 1.807) is 18.3 Å². The van der Waals surface area contributed by atoms with Gasteiger partial charge in [0.05, 0.1) is 21.2 Å². The fraction of sp³-hybridized carbons (Fsp3) is 0. The van der Waals surface area contributed by atoms with Crippen LogP contribution in [0.4, 0.5) is 5.69 Å². The standard InChI is InChI=1S/C22H10BrCl2N5O4/c23-13-5-11(18-9-26-10-34-18)4-12(6-13)19-15-2-1-3-27-20(15)22(31)29(28-19)21-16(24)7-14(30(32)33)8-17(21)25/h1-10H. The van der Waals surface area contributed by atoms with Crippen LogP contribution in [0.3, 0.4) is 0 Å². The molecule has 0 atom stereocenters. The Morgan fingerprint density at radius 3 is 2.50 bits per heavy atom. The van der Waals surface area contributed by atoms with Crippen LogP contribution in [-0.4, -0.2) is 24.7 Å². The van der Waals surface area contributed by atoms with E-state index in [4.69, 9.17) is 27.6 Å². The first-order valence-electron chi connectivity index (χ1n) is 9.55. The van der Waals surface area contributed by atoms with Gasteiger partial charge in [0.2, 0.25) is 0 Å². The van der Waals surface area contributed by atoms with Crippen LogP contribution in [-0.2, 0) is 0 Å². The van der Waals surface area contributed by atoms with Gasteiger partial charge >= 0.3 is 0 Å². The average molecular weight is 559 g/mol. The number of hydrogen-bond acceptors (Lipinski definition) is 7. The average Bonchev–Trinajstić information content (AvgIpc) is 3.35. The molecule has 9 nitrogen and oxygen atoms in total. The minimum Gasteiger partial charge on any atom is -0.444 e. The van der Waals surface area contributed by atoms with E-state index in [0.29, 0.717) is 22.4 Å². The summed E-state index contributed by atoms with van der Waals surface area (Å²) in [6, 6.07) is 11.1. The fourth-order valence-corrected chi connectivity index (χ4v) is 4.65. The second-order valence-electron chi connectivity index (χ2n) is 7.07. The predicted octanol–water partition coefficient (Wildman–Crippen LogP) is 6.08. The number of benzene rings is 2. The Morgan fingerprint density at radius 2 is 1.82 bits per heavy atom. The van der Waals surface area contributed by atoms with Crippen molar-refractivity contribution in [2.24, 2.45) is 0 Å². The molecule has 0 aliphatic heterocycles. The molecule has 0 radical (unpaired) electrons. The Balaban J connectivity index is 1.82. The number of non-ortho nitro benzene ring substituents is 1. The number of pyridine rings is 1. The highest BCUT2D eigenvalue weighted by Gasteiger charge is 2.21. The topological polar surface area (TPSA) is 117 Å². The van der Waals surface area contributed by atoms with E-state index in [9.17, 15) is 14.9 Å². The van der Waals surface area contributed by atoms with Crippen LogP contribution in [0.2, 0.25) is 10.0 Å². The molecule has 12 heteroatoms. The van der Waals surface area contributed by atoms with Gasteiger partial charge < -0.3 is 4.42 Å². The van der Waals surface area contributed by atoms with Crippen LogP contribution in [0.5, 0.6) is 0 Å². The third kappa shape index (κ3) is 3.85. The molecule has 0 aliphatic rings. The lowest BCUT2D eigenvalue weighted by atomic mass is 10.0. The van der Waals surface area contributed by atoms with Gasteiger partial charge in [-0.3, -0.25) is 19.9 Å². The van der Waals surface area contributed by atoms with Gasteiger partial charge in [-0.05, 0) is 30.3 Å². The van der Waals surface area contributed by atoms with Crippen molar-refractivity contribution in [3.05, 3.63) is 96.2 Å². The van der Waals surface area contributed by atoms with E-state index in [1.807, 2.05) is 18.2 Å². The van der Waals surface area contributed by atoms with Crippen molar-refractivity contribution in [2.45, 2.75) is 0 Å². The quantitative estimate of drug-likeness (QED) is 0.194. The first-order valence-corrected chi connectivity index (χ1v) is 11.1.